The fourth-order valence-corrected chi connectivity index (χ4v) is 2.04. The van der Waals surface area contributed by atoms with E-state index in [0.29, 0.717) is 11.4 Å². The lowest BCUT2D eigenvalue weighted by Crippen LogP contribution is -2.12. The topological polar surface area (TPSA) is 66.6 Å². The van der Waals surface area contributed by atoms with E-state index in [0.717, 1.165) is 10.2 Å². The quantitative estimate of drug-likeness (QED) is 0.849. The molecule has 0 unspecified atom stereocenters. The molecule has 0 fully saturated rings. The van der Waals surface area contributed by atoms with Crippen molar-refractivity contribution in [1.29, 1.82) is 0 Å². The molecule has 0 spiro atoms. The largest absolute Gasteiger partial charge is 0.478 e. The van der Waals surface area contributed by atoms with Crippen LogP contribution in [0.2, 0.25) is 0 Å². The molecule has 0 aliphatic rings. The van der Waals surface area contributed by atoms with Gasteiger partial charge in [-0.1, -0.05) is 15.9 Å². The third-order valence-corrected chi connectivity index (χ3v) is 3.38. The number of carboxylic acids is 1. The van der Waals surface area contributed by atoms with Crippen molar-refractivity contribution in [3.63, 3.8) is 0 Å². The molecule has 0 bridgehead atoms. The van der Waals surface area contributed by atoms with Gasteiger partial charge in [0.2, 0.25) is 0 Å². The van der Waals surface area contributed by atoms with Crippen LogP contribution < -0.4 is 10.6 Å². The minimum absolute atomic E-state index is 0.216. The van der Waals surface area contributed by atoms with Crippen LogP contribution in [0.25, 0.3) is 0 Å². The molecule has 0 saturated heterocycles. The van der Waals surface area contributed by atoms with Gasteiger partial charge in [0, 0.05) is 17.2 Å². The zero-order valence-corrected chi connectivity index (χ0v) is 11.9. The van der Waals surface area contributed by atoms with Crippen LogP contribution in [0, 0.1) is 0 Å². The number of hydrogen-bond acceptors (Lipinski definition) is 3. The summed E-state index contributed by atoms with van der Waals surface area (Å²) in [4.78, 5) is 12.9. The standard InChI is InChI=1S/C14H13BrN2O2/c1-17(11-5-3-10(15)4-6-11)13-8-9(14(18)19)2-7-12(13)16/h2-8H,16H2,1H3,(H,18,19). The van der Waals surface area contributed by atoms with E-state index in [1.807, 2.05) is 36.2 Å². The van der Waals surface area contributed by atoms with E-state index in [2.05, 4.69) is 15.9 Å². The molecule has 2 aromatic rings. The van der Waals surface area contributed by atoms with Crippen LogP contribution in [0.3, 0.4) is 0 Å². The number of nitrogen functional groups attached to an aromatic ring is 1. The van der Waals surface area contributed by atoms with Gasteiger partial charge in [-0.3, -0.25) is 0 Å². The van der Waals surface area contributed by atoms with Gasteiger partial charge in [0.05, 0.1) is 16.9 Å². The monoisotopic (exact) mass is 320 g/mol. The van der Waals surface area contributed by atoms with E-state index >= 15 is 0 Å². The molecule has 5 heteroatoms. The van der Waals surface area contributed by atoms with Crippen LogP contribution in [0.4, 0.5) is 17.1 Å². The summed E-state index contributed by atoms with van der Waals surface area (Å²) in [5, 5.41) is 9.02. The molecule has 2 rings (SSSR count). The van der Waals surface area contributed by atoms with Gasteiger partial charge in [-0.25, -0.2) is 4.79 Å². The Balaban J connectivity index is 2.42. The average molecular weight is 321 g/mol. The highest BCUT2D eigenvalue weighted by Gasteiger charge is 2.11. The average Bonchev–Trinajstić information content (AvgIpc) is 2.39. The number of rotatable bonds is 3. The first-order chi connectivity index (χ1) is 8.99. The molecule has 0 aliphatic heterocycles. The predicted molar refractivity (Wildman–Crippen MR) is 80.0 cm³/mol. The summed E-state index contributed by atoms with van der Waals surface area (Å²) >= 11 is 3.38. The van der Waals surface area contributed by atoms with Crippen molar-refractivity contribution in [3.8, 4) is 0 Å². The Labute approximate surface area is 119 Å². The van der Waals surface area contributed by atoms with Gasteiger partial charge < -0.3 is 15.7 Å². The highest BCUT2D eigenvalue weighted by molar-refractivity contribution is 9.10. The summed E-state index contributed by atoms with van der Waals surface area (Å²) in [5.74, 6) is -0.967. The van der Waals surface area contributed by atoms with Crippen molar-refractivity contribution >= 4 is 39.0 Å². The Hall–Kier alpha value is -2.01. The van der Waals surface area contributed by atoms with Crippen LogP contribution in [-0.2, 0) is 0 Å². The molecule has 0 heterocycles. The molecule has 3 N–H and O–H groups in total. The van der Waals surface area contributed by atoms with Crippen molar-refractivity contribution in [2.45, 2.75) is 0 Å². The van der Waals surface area contributed by atoms with Gasteiger partial charge in [0.25, 0.3) is 0 Å². The lowest BCUT2D eigenvalue weighted by molar-refractivity contribution is 0.0697. The Morgan fingerprint density at radius 3 is 2.42 bits per heavy atom. The number of hydrogen-bond donors (Lipinski definition) is 2. The van der Waals surface area contributed by atoms with Gasteiger partial charge in [-0.05, 0) is 42.5 Å². The minimum Gasteiger partial charge on any atom is -0.478 e. The molecule has 4 nitrogen and oxygen atoms in total. The van der Waals surface area contributed by atoms with Gasteiger partial charge in [-0.15, -0.1) is 0 Å². The van der Waals surface area contributed by atoms with Gasteiger partial charge in [0.1, 0.15) is 0 Å². The molecule has 0 saturated carbocycles. The summed E-state index contributed by atoms with van der Waals surface area (Å²) < 4.78 is 0.983. The second-order valence-corrected chi connectivity index (χ2v) is 5.03. The smallest absolute Gasteiger partial charge is 0.335 e. The molecule has 98 valence electrons. The van der Waals surface area contributed by atoms with E-state index in [4.69, 9.17) is 10.8 Å². The molecular weight excluding hydrogens is 308 g/mol. The molecule has 2 aromatic carbocycles. The fourth-order valence-electron chi connectivity index (χ4n) is 1.77. The minimum atomic E-state index is -0.967. The second kappa shape index (κ2) is 5.32. The first kappa shape index (κ1) is 13.4. The van der Waals surface area contributed by atoms with Crippen LogP contribution in [-0.4, -0.2) is 18.1 Å². The Morgan fingerprint density at radius 2 is 1.84 bits per heavy atom. The molecule has 0 amide bonds. The van der Waals surface area contributed by atoms with Crippen molar-refractivity contribution in [3.05, 3.63) is 52.5 Å². The Bertz CT molecular complexity index is 611. The van der Waals surface area contributed by atoms with E-state index in [9.17, 15) is 4.79 Å². The number of carbonyl (C=O) groups is 1. The highest BCUT2D eigenvalue weighted by atomic mass is 79.9. The number of benzene rings is 2. The Kier molecular flexibility index (Phi) is 3.76. The molecule has 0 aromatic heterocycles. The summed E-state index contributed by atoms with van der Waals surface area (Å²) in [5.41, 5.74) is 8.26. The summed E-state index contributed by atoms with van der Waals surface area (Å²) in [7, 11) is 1.85. The third kappa shape index (κ3) is 2.88. The van der Waals surface area contributed by atoms with Gasteiger partial charge in [-0.2, -0.15) is 0 Å². The first-order valence-electron chi connectivity index (χ1n) is 5.61. The molecule has 0 radical (unpaired) electrons. The fraction of sp³-hybridized carbons (Fsp3) is 0.0714. The SMILES string of the molecule is CN(c1ccc(Br)cc1)c1cc(C(=O)O)ccc1N. The third-order valence-electron chi connectivity index (χ3n) is 2.85. The number of nitrogens with two attached hydrogens (primary N) is 1. The maximum absolute atomic E-state index is 11.0. The molecule has 19 heavy (non-hydrogen) atoms. The van der Waals surface area contributed by atoms with Crippen molar-refractivity contribution in [2.75, 3.05) is 17.7 Å². The summed E-state index contributed by atoms with van der Waals surface area (Å²) in [6, 6.07) is 12.4. The zero-order chi connectivity index (χ0) is 14.0. The zero-order valence-electron chi connectivity index (χ0n) is 10.3. The van der Waals surface area contributed by atoms with Crippen LogP contribution in [0.5, 0.6) is 0 Å². The van der Waals surface area contributed by atoms with Crippen molar-refractivity contribution in [2.24, 2.45) is 0 Å². The number of nitrogens with zero attached hydrogens (tertiary/aromatic N) is 1. The van der Waals surface area contributed by atoms with Crippen molar-refractivity contribution in [1.82, 2.24) is 0 Å². The number of aromatic carboxylic acids is 1. The molecule has 0 atom stereocenters. The second-order valence-electron chi connectivity index (χ2n) is 4.11. The Morgan fingerprint density at radius 1 is 1.21 bits per heavy atom. The van der Waals surface area contributed by atoms with E-state index in [-0.39, 0.29) is 5.56 Å². The number of halogens is 1. The number of anilines is 3. The van der Waals surface area contributed by atoms with Crippen molar-refractivity contribution < 1.29 is 9.90 Å². The maximum Gasteiger partial charge on any atom is 0.335 e. The summed E-state index contributed by atoms with van der Waals surface area (Å²) in [6.07, 6.45) is 0. The molecular formula is C14H13BrN2O2. The maximum atomic E-state index is 11.0. The number of carboxylic acid groups (broad SMARTS) is 1. The summed E-state index contributed by atoms with van der Waals surface area (Å²) in [6.45, 7) is 0. The lowest BCUT2D eigenvalue weighted by atomic mass is 10.1. The van der Waals surface area contributed by atoms with E-state index in [1.165, 1.54) is 6.07 Å². The van der Waals surface area contributed by atoms with Gasteiger partial charge >= 0.3 is 5.97 Å². The van der Waals surface area contributed by atoms with E-state index in [1.54, 1.807) is 12.1 Å². The molecule has 0 aliphatic carbocycles. The van der Waals surface area contributed by atoms with Crippen LogP contribution in [0.1, 0.15) is 10.4 Å². The van der Waals surface area contributed by atoms with Gasteiger partial charge in [0.15, 0.2) is 0 Å². The highest BCUT2D eigenvalue weighted by Crippen LogP contribution is 2.30. The first-order valence-corrected chi connectivity index (χ1v) is 6.40. The van der Waals surface area contributed by atoms with Crippen LogP contribution >= 0.6 is 15.9 Å². The van der Waals surface area contributed by atoms with Crippen LogP contribution in [0.15, 0.2) is 46.9 Å². The normalized spacial score (nSPS) is 10.2. The predicted octanol–water partition coefficient (Wildman–Crippen LogP) is 3.50. The lowest BCUT2D eigenvalue weighted by Gasteiger charge is -2.21. The van der Waals surface area contributed by atoms with E-state index < -0.39 is 5.97 Å².